The van der Waals surface area contributed by atoms with E-state index in [0.717, 1.165) is 16.9 Å². The first-order chi connectivity index (χ1) is 12.7. The van der Waals surface area contributed by atoms with Gasteiger partial charge in [0, 0.05) is 43.4 Å². The van der Waals surface area contributed by atoms with Crippen LogP contribution in [0.25, 0.3) is 0 Å². The maximum atomic E-state index is 12.7. The lowest BCUT2D eigenvalue weighted by atomic mass is 9.86. The van der Waals surface area contributed by atoms with Gasteiger partial charge in [0.2, 0.25) is 0 Å². The molecule has 2 aromatic rings. The molecule has 1 atom stereocenters. The second-order valence-corrected chi connectivity index (χ2v) is 6.67. The van der Waals surface area contributed by atoms with Crippen molar-refractivity contribution in [2.24, 2.45) is 5.92 Å². The molecule has 26 heavy (non-hydrogen) atoms. The average Bonchev–Trinajstić information content (AvgIpc) is 2.67. The fraction of sp³-hybridized carbons (Fsp3) is 0.250. The topological polar surface area (TPSA) is 74.2 Å². The van der Waals surface area contributed by atoms with Gasteiger partial charge in [-0.2, -0.15) is 0 Å². The van der Waals surface area contributed by atoms with Crippen LogP contribution >= 0.6 is 12.2 Å². The number of para-hydroxylation sites is 1. The molecule has 1 aliphatic rings. The molecule has 0 aliphatic heterocycles. The van der Waals surface area contributed by atoms with E-state index in [4.69, 9.17) is 12.2 Å². The molecule has 6 heteroatoms. The third-order valence-electron chi connectivity index (χ3n) is 4.32. The number of nitrogens with one attached hydrogen (secondary N) is 2. The summed E-state index contributed by atoms with van der Waals surface area (Å²) in [4.78, 5) is 17.1. The maximum Gasteiger partial charge on any atom is 0.167 e. The van der Waals surface area contributed by atoms with Crippen molar-refractivity contribution in [3.05, 3.63) is 71.7 Å². The Labute approximate surface area is 158 Å². The van der Waals surface area contributed by atoms with Gasteiger partial charge in [-0.15, -0.1) is 0 Å². The van der Waals surface area contributed by atoms with E-state index in [1.54, 1.807) is 12.4 Å². The van der Waals surface area contributed by atoms with Crippen molar-refractivity contribution in [3.63, 3.8) is 0 Å². The van der Waals surface area contributed by atoms with Crippen molar-refractivity contribution in [1.29, 1.82) is 0 Å². The number of pyridine rings is 1. The Morgan fingerprint density at radius 3 is 2.58 bits per heavy atom. The molecule has 0 bridgehead atoms. The van der Waals surface area contributed by atoms with Gasteiger partial charge >= 0.3 is 0 Å². The Balaban J connectivity index is 1.82. The molecule has 1 heterocycles. The second-order valence-electron chi connectivity index (χ2n) is 6.26. The number of hydrogen-bond acceptors (Lipinski definition) is 5. The number of allylic oxidation sites excluding steroid dienone is 1. The normalized spacial score (nSPS) is 17.1. The van der Waals surface area contributed by atoms with E-state index >= 15 is 0 Å². The van der Waals surface area contributed by atoms with Crippen LogP contribution in [0.1, 0.15) is 18.4 Å². The molecule has 1 aliphatic carbocycles. The van der Waals surface area contributed by atoms with Gasteiger partial charge in [-0.3, -0.25) is 9.78 Å². The molecule has 0 saturated heterocycles. The number of anilines is 1. The molecule has 3 N–H and O–H groups in total. The zero-order chi connectivity index (χ0) is 18.4. The lowest BCUT2D eigenvalue weighted by Crippen LogP contribution is -2.33. The highest BCUT2D eigenvalue weighted by Crippen LogP contribution is 2.27. The molecule has 0 amide bonds. The molecular formula is C20H21N3O2S. The highest BCUT2D eigenvalue weighted by Gasteiger charge is 2.29. The van der Waals surface area contributed by atoms with E-state index in [-0.39, 0.29) is 18.3 Å². The van der Waals surface area contributed by atoms with Crippen molar-refractivity contribution in [1.82, 2.24) is 10.3 Å². The first kappa shape index (κ1) is 18.2. The summed E-state index contributed by atoms with van der Waals surface area (Å²) in [5.41, 5.74) is 3.20. The number of aromatic nitrogens is 1. The van der Waals surface area contributed by atoms with Crippen LogP contribution in [0.5, 0.6) is 0 Å². The van der Waals surface area contributed by atoms with Crippen LogP contribution in [-0.4, -0.2) is 27.5 Å². The van der Waals surface area contributed by atoms with Crippen LogP contribution in [0.3, 0.4) is 0 Å². The number of carbonyl (C=O) groups excluding carboxylic acids is 1. The molecule has 3 rings (SSSR count). The summed E-state index contributed by atoms with van der Waals surface area (Å²) in [6.45, 7) is 0.555. The molecule has 1 unspecified atom stereocenters. The lowest BCUT2D eigenvalue weighted by Gasteiger charge is -2.27. The quantitative estimate of drug-likeness (QED) is 0.682. The summed E-state index contributed by atoms with van der Waals surface area (Å²) in [6.07, 6.45) is 4.37. The molecule has 5 nitrogen and oxygen atoms in total. The molecule has 0 fully saturated rings. The molecule has 1 aromatic heterocycles. The summed E-state index contributed by atoms with van der Waals surface area (Å²) < 4.78 is 0. The Bertz CT molecular complexity index is 806. The number of thiocarbonyl (C=S) groups is 1. The monoisotopic (exact) mass is 367 g/mol. The highest BCUT2D eigenvalue weighted by atomic mass is 32.1. The minimum atomic E-state index is -0.0780. The first-order valence-electron chi connectivity index (χ1n) is 8.53. The van der Waals surface area contributed by atoms with Gasteiger partial charge < -0.3 is 15.7 Å². The molecule has 1 aromatic carbocycles. The smallest absolute Gasteiger partial charge is 0.167 e. The predicted octanol–water partition coefficient (Wildman–Crippen LogP) is 2.84. The van der Waals surface area contributed by atoms with Crippen molar-refractivity contribution >= 4 is 28.7 Å². The Morgan fingerprint density at radius 1 is 1.15 bits per heavy atom. The van der Waals surface area contributed by atoms with Crippen LogP contribution in [0.4, 0.5) is 5.69 Å². The number of ketones is 1. The molecule has 0 radical (unpaired) electrons. The van der Waals surface area contributed by atoms with E-state index in [9.17, 15) is 9.90 Å². The highest BCUT2D eigenvalue weighted by molar-refractivity contribution is 7.81. The Kier molecular flexibility index (Phi) is 6.09. The minimum absolute atomic E-state index is 0.0155. The number of aliphatic hydroxyl groups excluding tert-OH is 1. The SMILES string of the molecule is O=C1CC(CO)CC(NCc2ccncc2)=C1C(=S)Nc1ccccc1. The van der Waals surface area contributed by atoms with Crippen molar-refractivity contribution in [3.8, 4) is 0 Å². The molecule has 0 saturated carbocycles. The van der Waals surface area contributed by atoms with Gasteiger partial charge in [-0.25, -0.2) is 0 Å². The average molecular weight is 367 g/mol. The van der Waals surface area contributed by atoms with E-state index in [0.29, 0.717) is 29.9 Å². The zero-order valence-corrected chi connectivity index (χ0v) is 15.1. The first-order valence-corrected chi connectivity index (χ1v) is 8.94. The maximum absolute atomic E-state index is 12.7. The second kappa shape index (κ2) is 8.69. The predicted molar refractivity (Wildman–Crippen MR) is 106 cm³/mol. The number of rotatable bonds is 6. The summed E-state index contributed by atoms with van der Waals surface area (Å²) in [5.74, 6) is -0.119. The third kappa shape index (κ3) is 4.53. The van der Waals surface area contributed by atoms with E-state index < -0.39 is 0 Å². The molecular weight excluding hydrogens is 346 g/mol. The Morgan fingerprint density at radius 2 is 1.88 bits per heavy atom. The van der Waals surface area contributed by atoms with Crippen molar-refractivity contribution < 1.29 is 9.90 Å². The van der Waals surface area contributed by atoms with Crippen LogP contribution in [0.2, 0.25) is 0 Å². The largest absolute Gasteiger partial charge is 0.396 e. The lowest BCUT2D eigenvalue weighted by molar-refractivity contribution is -0.116. The number of nitrogens with zero attached hydrogens (tertiary/aromatic N) is 1. The minimum Gasteiger partial charge on any atom is -0.396 e. The zero-order valence-electron chi connectivity index (χ0n) is 14.3. The molecule has 134 valence electrons. The number of benzene rings is 1. The van der Waals surface area contributed by atoms with Crippen LogP contribution in [0, 0.1) is 5.92 Å². The van der Waals surface area contributed by atoms with Gasteiger partial charge in [0.1, 0.15) is 4.99 Å². The van der Waals surface area contributed by atoms with E-state index in [1.165, 1.54) is 0 Å². The van der Waals surface area contributed by atoms with Gasteiger partial charge in [-0.1, -0.05) is 30.4 Å². The fourth-order valence-corrected chi connectivity index (χ4v) is 3.33. The van der Waals surface area contributed by atoms with E-state index in [1.807, 2.05) is 42.5 Å². The third-order valence-corrected chi connectivity index (χ3v) is 4.63. The summed E-state index contributed by atoms with van der Waals surface area (Å²) in [6, 6.07) is 13.4. The van der Waals surface area contributed by atoms with Gasteiger partial charge in [0.05, 0.1) is 5.57 Å². The number of aliphatic hydroxyl groups is 1. The number of carbonyl (C=O) groups is 1. The van der Waals surface area contributed by atoms with Crippen LogP contribution < -0.4 is 10.6 Å². The van der Waals surface area contributed by atoms with Gasteiger partial charge in [0.25, 0.3) is 0 Å². The van der Waals surface area contributed by atoms with Crippen LogP contribution in [-0.2, 0) is 11.3 Å². The van der Waals surface area contributed by atoms with E-state index in [2.05, 4.69) is 15.6 Å². The summed E-state index contributed by atoms with van der Waals surface area (Å²) in [5, 5.41) is 16.0. The number of Topliss-reactive ketones (excluding diaryl/α,β-unsaturated/α-hetero) is 1. The summed E-state index contributed by atoms with van der Waals surface area (Å²) >= 11 is 5.51. The summed E-state index contributed by atoms with van der Waals surface area (Å²) in [7, 11) is 0. The number of hydrogen-bond donors (Lipinski definition) is 3. The molecule has 0 spiro atoms. The standard InChI is InChI=1S/C20H21N3O2S/c24-13-15-10-17(22-12-14-6-8-21-9-7-14)19(18(25)11-15)20(26)23-16-4-2-1-3-5-16/h1-9,15,22,24H,10-13H2,(H,23,26). The van der Waals surface area contributed by atoms with Crippen molar-refractivity contribution in [2.45, 2.75) is 19.4 Å². The fourth-order valence-electron chi connectivity index (χ4n) is 2.97. The van der Waals surface area contributed by atoms with Crippen LogP contribution in [0.15, 0.2) is 66.1 Å². The van der Waals surface area contributed by atoms with Crippen molar-refractivity contribution in [2.75, 3.05) is 11.9 Å². The van der Waals surface area contributed by atoms with Gasteiger partial charge in [0.15, 0.2) is 5.78 Å². The van der Waals surface area contributed by atoms with Gasteiger partial charge in [-0.05, 0) is 42.2 Å². The Hall–Kier alpha value is -2.57.